The van der Waals surface area contributed by atoms with Crippen LogP contribution in [0.3, 0.4) is 0 Å². The molecule has 8 heteroatoms. The van der Waals surface area contributed by atoms with Crippen LogP contribution in [-0.4, -0.2) is 19.7 Å². The van der Waals surface area contributed by atoms with Crippen molar-refractivity contribution in [3.05, 3.63) is 43.0 Å². The topological polar surface area (TPSA) is 80.6 Å². The minimum absolute atomic E-state index is 0.383. The number of nitrogens with one attached hydrogen (secondary N) is 1. The van der Waals surface area contributed by atoms with Gasteiger partial charge in [-0.05, 0) is 46.7 Å². The third-order valence-corrected chi connectivity index (χ3v) is 3.96. The van der Waals surface area contributed by atoms with Gasteiger partial charge in [-0.3, -0.25) is 19.4 Å². The second kappa shape index (κ2) is 5.07. The zero-order valence-electron chi connectivity index (χ0n) is 9.60. The lowest BCUT2D eigenvalue weighted by molar-refractivity contribution is 0.596. The largest absolute Gasteiger partial charge is 0.339 e. The van der Waals surface area contributed by atoms with Crippen molar-refractivity contribution in [2.24, 2.45) is 7.05 Å². The third kappa shape index (κ3) is 2.70. The maximum atomic E-state index is 11.2. The van der Waals surface area contributed by atoms with Crippen LogP contribution in [0.1, 0.15) is 5.69 Å². The number of hydrogen-bond acceptors (Lipinski definition) is 5. The van der Waals surface area contributed by atoms with Crippen LogP contribution in [0.15, 0.2) is 36.4 Å². The summed E-state index contributed by atoms with van der Waals surface area (Å²) in [6.07, 6.45) is 0. The lowest BCUT2D eigenvalue weighted by Crippen LogP contribution is -2.33. The molecule has 0 unspecified atom stereocenters. The molecule has 18 heavy (non-hydrogen) atoms. The molecule has 0 saturated carbocycles. The van der Waals surface area contributed by atoms with Gasteiger partial charge in [-0.2, -0.15) is 4.98 Å². The van der Waals surface area contributed by atoms with Gasteiger partial charge in [0, 0.05) is 11.5 Å². The number of nitrogens with zero attached hydrogens (tertiary/aromatic N) is 3. The minimum atomic E-state index is -0.801. The number of halogens is 1. The van der Waals surface area contributed by atoms with E-state index in [0.717, 1.165) is 10.2 Å². The Hall–Kier alpha value is -1.41. The van der Waals surface area contributed by atoms with E-state index in [2.05, 4.69) is 31.0 Å². The Morgan fingerprint density at radius 3 is 2.72 bits per heavy atom. The van der Waals surface area contributed by atoms with E-state index < -0.39 is 11.1 Å². The van der Waals surface area contributed by atoms with Gasteiger partial charge in [-0.15, -0.1) is 0 Å². The molecule has 0 fully saturated rings. The van der Waals surface area contributed by atoms with Crippen LogP contribution in [0.5, 0.6) is 0 Å². The first kappa shape index (κ1) is 13.0. The fraction of sp³-hybridized carbons (Fsp3) is 0.200. The third-order valence-electron chi connectivity index (χ3n) is 2.14. The van der Waals surface area contributed by atoms with Gasteiger partial charge in [0.05, 0.1) is 5.69 Å². The summed E-state index contributed by atoms with van der Waals surface area (Å²) in [5.41, 5.74) is -0.694. The number of aromatic amines is 1. The summed E-state index contributed by atoms with van der Waals surface area (Å²) in [5, 5.41) is 3.46. The van der Waals surface area contributed by atoms with Crippen LogP contribution < -0.4 is 11.1 Å². The van der Waals surface area contributed by atoms with Crippen molar-refractivity contribution < 1.29 is 0 Å². The number of H-pyrrole nitrogens is 1. The van der Waals surface area contributed by atoms with E-state index in [-0.39, 0.29) is 0 Å². The van der Waals surface area contributed by atoms with Crippen LogP contribution in [-0.2, 0) is 7.05 Å². The van der Waals surface area contributed by atoms with E-state index in [1.54, 1.807) is 13.1 Å². The zero-order valence-corrected chi connectivity index (χ0v) is 12.0. The van der Waals surface area contributed by atoms with Gasteiger partial charge in [0.15, 0.2) is 5.16 Å². The number of hydrogen-bond donors (Lipinski definition) is 1. The second-order valence-corrected chi connectivity index (χ2v) is 5.36. The quantitative estimate of drug-likeness (QED) is 0.834. The van der Waals surface area contributed by atoms with Gasteiger partial charge >= 0.3 is 11.1 Å². The van der Waals surface area contributed by atoms with Crippen molar-refractivity contribution in [2.45, 2.75) is 17.1 Å². The molecule has 1 N–H and O–H groups in total. The smallest absolute Gasteiger partial charge is 0.265 e. The second-order valence-electron chi connectivity index (χ2n) is 3.52. The van der Waals surface area contributed by atoms with Crippen LogP contribution in [0, 0.1) is 6.92 Å². The highest BCUT2D eigenvalue weighted by molar-refractivity contribution is 9.10. The Morgan fingerprint density at radius 1 is 1.33 bits per heavy atom. The molecule has 6 nitrogen and oxygen atoms in total. The molecule has 0 aliphatic carbocycles. The average molecular weight is 329 g/mol. The SMILES string of the molecule is Cc1nc(Sc2nc(=O)c(=O)[nH]n2C)ccc1Br. The molecule has 0 aliphatic heterocycles. The van der Waals surface area contributed by atoms with Crippen molar-refractivity contribution in [1.82, 2.24) is 19.7 Å². The van der Waals surface area contributed by atoms with E-state index in [1.165, 1.54) is 16.4 Å². The van der Waals surface area contributed by atoms with E-state index in [9.17, 15) is 9.59 Å². The Bertz CT molecular complexity index is 710. The summed E-state index contributed by atoms with van der Waals surface area (Å²) in [5.74, 6) is 0. The van der Waals surface area contributed by atoms with Crippen molar-refractivity contribution in [3.63, 3.8) is 0 Å². The number of pyridine rings is 1. The van der Waals surface area contributed by atoms with Gasteiger partial charge in [0.1, 0.15) is 5.03 Å². The van der Waals surface area contributed by atoms with Gasteiger partial charge in [-0.1, -0.05) is 0 Å². The van der Waals surface area contributed by atoms with E-state index in [1.807, 2.05) is 13.0 Å². The van der Waals surface area contributed by atoms with Gasteiger partial charge in [0.25, 0.3) is 0 Å². The van der Waals surface area contributed by atoms with Crippen molar-refractivity contribution in [2.75, 3.05) is 0 Å². The van der Waals surface area contributed by atoms with Crippen LogP contribution in [0.2, 0.25) is 0 Å². The van der Waals surface area contributed by atoms with Crippen LogP contribution >= 0.6 is 27.7 Å². The summed E-state index contributed by atoms with van der Waals surface area (Å²) in [6.45, 7) is 1.87. The predicted molar refractivity (Wildman–Crippen MR) is 70.9 cm³/mol. The number of rotatable bonds is 2. The fourth-order valence-electron chi connectivity index (χ4n) is 1.22. The molecule has 0 amide bonds. The maximum absolute atomic E-state index is 11.2. The minimum Gasteiger partial charge on any atom is -0.265 e. The van der Waals surface area contributed by atoms with Gasteiger partial charge < -0.3 is 0 Å². The summed E-state index contributed by atoms with van der Waals surface area (Å²) >= 11 is 4.57. The monoisotopic (exact) mass is 328 g/mol. The normalized spacial score (nSPS) is 10.6. The highest BCUT2D eigenvalue weighted by Gasteiger charge is 2.08. The van der Waals surface area contributed by atoms with Crippen molar-refractivity contribution in [1.29, 1.82) is 0 Å². The Balaban J connectivity index is 2.40. The summed E-state index contributed by atoms with van der Waals surface area (Å²) in [6, 6.07) is 3.67. The molecule has 0 bridgehead atoms. The maximum Gasteiger partial charge on any atom is 0.339 e. The first-order chi connectivity index (χ1) is 8.47. The van der Waals surface area contributed by atoms with Crippen molar-refractivity contribution in [3.8, 4) is 0 Å². The Kier molecular flexibility index (Phi) is 3.67. The van der Waals surface area contributed by atoms with Gasteiger partial charge in [-0.25, -0.2) is 4.98 Å². The highest BCUT2D eigenvalue weighted by Crippen LogP contribution is 2.24. The molecule has 0 spiro atoms. The van der Waals surface area contributed by atoms with Crippen molar-refractivity contribution >= 4 is 27.7 Å². The first-order valence-electron chi connectivity index (χ1n) is 4.96. The standard InChI is InChI=1S/C10H9BrN4O2S/c1-5-6(11)3-4-7(12-5)18-10-13-8(16)9(17)14-15(10)2/h3-4H,1-2H3,(H,14,17). The first-order valence-corrected chi connectivity index (χ1v) is 6.56. The summed E-state index contributed by atoms with van der Waals surface area (Å²) in [7, 11) is 1.61. The molecule has 2 rings (SSSR count). The van der Waals surface area contributed by atoms with Crippen LogP contribution in [0.4, 0.5) is 0 Å². The number of aromatic nitrogens is 4. The van der Waals surface area contributed by atoms with E-state index in [0.29, 0.717) is 10.2 Å². The molecule has 94 valence electrons. The fourth-order valence-corrected chi connectivity index (χ4v) is 2.26. The molecule has 2 heterocycles. The lowest BCUT2D eigenvalue weighted by Gasteiger charge is -2.06. The van der Waals surface area contributed by atoms with Crippen LogP contribution in [0.25, 0.3) is 0 Å². The predicted octanol–water partition coefficient (Wildman–Crippen LogP) is 1.09. The molecule has 0 radical (unpaired) electrons. The Labute approximate surface area is 115 Å². The number of aryl methyl sites for hydroxylation is 2. The molecule has 2 aromatic rings. The van der Waals surface area contributed by atoms with Gasteiger partial charge in [0.2, 0.25) is 0 Å². The molecule has 0 saturated heterocycles. The van der Waals surface area contributed by atoms with E-state index >= 15 is 0 Å². The molecule has 0 atom stereocenters. The molecule has 0 aromatic carbocycles. The molecular formula is C10H9BrN4O2S. The summed E-state index contributed by atoms with van der Waals surface area (Å²) in [4.78, 5) is 30.3. The molecule has 0 aliphatic rings. The zero-order chi connectivity index (χ0) is 13.3. The Morgan fingerprint density at radius 2 is 2.06 bits per heavy atom. The summed E-state index contributed by atoms with van der Waals surface area (Å²) < 4.78 is 2.31. The lowest BCUT2D eigenvalue weighted by atomic mass is 10.4. The van der Waals surface area contributed by atoms with E-state index in [4.69, 9.17) is 0 Å². The average Bonchev–Trinajstić information content (AvgIpc) is 2.31. The molecular weight excluding hydrogens is 320 g/mol. The molecule has 2 aromatic heterocycles. The highest BCUT2D eigenvalue weighted by atomic mass is 79.9.